The average molecular weight is 282 g/mol. The minimum atomic E-state index is -2.85. The molecule has 0 aliphatic heterocycles. The van der Waals surface area contributed by atoms with Gasteiger partial charge in [0.15, 0.2) is 0 Å². The van der Waals surface area contributed by atoms with Gasteiger partial charge in [0.25, 0.3) is 6.43 Å². The fraction of sp³-hybridized carbons (Fsp3) is 0.455. The molecule has 0 saturated heterocycles. The van der Waals surface area contributed by atoms with Gasteiger partial charge in [-0.05, 0) is 13.0 Å². The number of carbonyl (C=O) groups is 1. The maximum atomic E-state index is 13.7. The summed E-state index contributed by atoms with van der Waals surface area (Å²) in [5.74, 6) is -1.88. The number of esters is 1. The van der Waals surface area contributed by atoms with Crippen LogP contribution in [0.2, 0.25) is 0 Å². The van der Waals surface area contributed by atoms with E-state index in [-0.39, 0.29) is 23.7 Å². The van der Waals surface area contributed by atoms with Crippen molar-refractivity contribution in [1.82, 2.24) is 4.98 Å². The number of hydrogen-bond acceptors (Lipinski definition) is 3. The molecule has 0 bridgehead atoms. The highest BCUT2D eigenvalue weighted by Gasteiger charge is 2.19. The van der Waals surface area contributed by atoms with Crippen LogP contribution in [0.1, 0.15) is 30.3 Å². The molecule has 0 spiro atoms. The molecule has 1 rings (SSSR count). The second kappa shape index (κ2) is 6.58. The Morgan fingerprint density at radius 3 is 2.72 bits per heavy atom. The SMILES string of the molecule is CCOC(=O)Cc1cc(C(F)F)nc(CCl)c1F. The van der Waals surface area contributed by atoms with E-state index in [4.69, 9.17) is 11.6 Å². The van der Waals surface area contributed by atoms with Gasteiger partial charge in [-0.15, -0.1) is 11.6 Å². The van der Waals surface area contributed by atoms with Crippen LogP contribution in [0, 0.1) is 5.82 Å². The van der Waals surface area contributed by atoms with Crippen molar-refractivity contribution in [1.29, 1.82) is 0 Å². The van der Waals surface area contributed by atoms with Crippen LogP contribution >= 0.6 is 11.6 Å². The van der Waals surface area contributed by atoms with Crippen molar-refractivity contribution in [3.63, 3.8) is 0 Å². The lowest BCUT2D eigenvalue weighted by molar-refractivity contribution is -0.142. The Morgan fingerprint density at radius 2 is 2.22 bits per heavy atom. The summed E-state index contributed by atoms with van der Waals surface area (Å²) >= 11 is 5.41. The monoisotopic (exact) mass is 281 g/mol. The maximum Gasteiger partial charge on any atom is 0.310 e. The summed E-state index contributed by atoms with van der Waals surface area (Å²) in [6.45, 7) is 1.73. The predicted molar refractivity (Wildman–Crippen MR) is 59.0 cm³/mol. The van der Waals surface area contributed by atoms with E-state index >= 15 is 0 Å². The molecule has 3 nitrogen and oxygen atoms in total. The van der Waals surface area contributed by atoms with Crippen molar-refractivity contribution in [3.8, 4) is 0 Å². The predicted octanol–water partition coefficient (Wildman–Crippen LogP) is 3.00. The number of alkyl halides is 3. The molecule has 100 valence electrons. The lowest BCUT2D eigenvalue weighted by Gasteiger charge is -2.09. The van der Waals surface area contributed by atoms with Crippen molar-refractivity contribution in [3.05, 3.63) is 28.8 Å². The van der Waals surface area contributed by atoms with Crippen LogP contribution in [0.4, 0.5) is 13.2 Å². The molecule has 0 atom stereocenters. The van der Waals surface area contributed by atoms with E-state index < -0.39 is 30.3 Å². The Balaban J connectivity index is 3.08. The third kappa shape index (κ3) is 3.60. The van der Waals surface area contributed by atoms with Gasteiger partial charge in [0.1, 0.15) is 11.5 Å². The molecular weight excluding hydrogens is 271 g/mol. The first-order valence-corrected chi connectivity index (χ1v) is 5.71. The first-order chi connectivity index (χ1) is 8.49. The van der Waals surface area contributed by atoms with E-state index in [9.17, 15) is 18.0 Å². The largest absolute Gasteiger partial charge is 0.466 e. The molecule has 0 aliphatic rings. The van der Waals surface area contributed by atoms with E-state index in [1.165, 1.54) is 0 Å². The summed E-state index contributed by atoms with van der Waals surface area (Å²) in [5, 5.41) is 0. The molecule has 0 aliphatic carbocycles. The lowest BCUT2D eigenvalue weighted by atomic mass is 10.1. The Morgan fingerprint density at radius 1 is 1.56 bits per heavy atom. The highest BCUT2D eigenvalue weighted by molar-refractivity contribution is 6.16. The molecule has 7 heteroatoms. The third-order valence-electron chi connectivity index (χ3n) is 2.11. The Labute approximate surface area is 107 Å². The second-order valence-electron chi connectivity index (χ2n) is 3.38. The van der Waals surface area contributed by atoms with Gasteiger partial charge in [0.2, 0.25) is 0 Å². The molecule has 18 heavy (non-hydrogen) atoms. The van der Waals surface area contributed by atoms with Crippen LogP contribution in [-0.4, -0.2) is 17.6 Å². The number of ether oxygens (including phenoxy) is 1. The highest BCUT2D eigenvalue weighted by Crippen LogP contribution is 2.22. The second-order valence-corrected chi connectivity index (χ2v) is 3.65. The zero-order chi connectivity index (χ0) is 13.7. The quantitative estimate of drug-likeness (QED) is 0.615. The number of hydrogen-bond donors (Lipinski definition) is 0. The number of aromatic nitrogens is 1. The number of halogens is 4. The summed E-state index contributed by atoms with van der Waals surface area (Å²) < 4.78 is 43.4. The Kier molecular flexibility index (Phi) is 5.40. The summed E-state index contributed by atoms with van der Waals surface area (Å²) in [4.78, 5) is 14.6. The minimum absolute atomic E-state index is 0.135. The van der Waals surface area contributed by atoms with E-state index in [1.807, 2.05) is 0 Å². The number of carbonyl (C=O) groups excluding carboxylic acids is 1. The van der Waals surface area contributed by atoms with Crippen molar-refractivity contribution in [2.24, 2.45) is 0 Å². The summed E-state index contributed by atoms with van der Waals surface area (Å²) in [6.07, 6.45) is -3.28. The molecule has 0 amide bonds. The van der Waals surface area contributed by atoms with E-state index in [2.05, 4.69) is 9.72 Å². The van der Waals surface area contributed by atoms with Gasteiger partial charge in [-0.25, -0.2) is 18.2 Å². The van der Waals surface area contributed by atoms with Crippen molar-refractivity contribution in [2.45, 2.75) is 25.7 Å². The van der Waals surface area contributed by atoms with Gasteiger partial charge >= 0.3 is 5.97 Å². The molecule has 1 heterocycles. The van der Waals surface area contributed by atoms with Crippen molar-refractivity contribution < 1.29 is 22.7 Å². The number of pyridine rings is 1. The zero-order valence-electron chi connectivity index (χ0n) is 9.55. The summed E-state index contributed by atoms with van der Waals surface area (Å²) in [5.41, 5.74) is -1.09. The van der Waals surface area contributed by atoms with Gasteiger partial charge in [-0.3, -0.25) is 4.79 Å². The van der Waals surface area contributed by atoms with E-state index in [0.717, 1.165) is 6.07 Å². The van der Waals surface area contributed by atoms with E-state index in [1.54, 1.807) is 6.92 Å². The molecular formula is C11H11ClF3NO2. The fourth-order valence-corrected chi connectivity index (χ4v) is 1.54. The number of nitrogens with zero attached hydrogens (tertiary/aromatic N) is 1. The van der Waals surface area contributed by atoms with Gasteiger partial charge in [-0.1, -0.05) is 0 Å². The third-order valence-corrected chi connectivity index (χ3v) is 2.36. The smallest absolute Gasteiger partial charge is 0.310 e. The van der Waals surface area contributed by atoms with Gasteiger partial charge < -0.3 is 4.74 Å². The Hall–Kier alpha value is -1.30. The fourth-order valence-electron chi connectivity index (χ4n) is 1.36. The Bertz CT molecular complexity index is 441. The molecule has 0 unspecified atom stereocenters. The standard InChI is InChI=1S/C11H11ClF3NO2/c1-2-18-9(17)4-6-3-7(11(14)15)16-8(5-12)10(6)13/h3,11H,2,4-5H2,1H3. The summed E-state index contributed by atoms with van der Waals surface area (Å²) in [7, 11) is 0. The topological polar surface area (TPSA) is 39.2 Å². The average Bonchev–Trinajstić information content (AvgIpc) is 2.31. The highest BCUT2D eigenvalue weighted by atomic mass is 35.5. The minimum Gasteiger partial charge on any atom is -0.466 e. The van der Waals surface area contributed by atoms with Crippen LogP contribution < -0.4 is 0 Å². The zero-order valence-corrected chi connectivity index (χ0v) is 10.3. The molecule has 1 aromatic heterocycles. The molecule has 0 saturated carbocycles. The van der Waals surface area contributed by atoms with Gasteiger partial charge in [0, 0.05) is 5.56 Å². The van der Waals surface area contributed by atoms with Crippen LogP contribution in [-0.2, 0) is 21.8 Å². The van der Waals surface area contributed by atoms with E-state index in [0.29, 0.717) is 0 Å². The van der Waals surface area contributed by atoms with Gasteiger partial charge in [0.05, 0.1) is 24.6 Å². The molecule has 1 aromatic rings. The molecule has 0 radical (unpaired) electrons. The summed E-state index contributed by atoms with van der Waals surface area (Å²) in [6, 6.07) is 0.854. The first-order valence-electron chi connectivity index (χ1n) is 5.17. The van der Waals surface area contributed by atoms with Crippen LogP contribution in [0.5, 0.6) is 0 Å². The van der Waals surface area contributed by atoms with Crippen LogP contribution in [0.15, 0.2) is 6.07 Å². The lowest BCUT2D eigenvalue weighted by Crippen LogP contribution is -2.11. The number of rotatable bonds is 5. The molecule has 0 fully saturated rings. The van der Waals surface area contributed by atoms with Crippen LogP contribution in [0.3, 0.4) is 0 Å². The van der Waals surface area contributed by atoms with Crippen molar-refractivity contribution >= 4 is 17.6 Å². The van der Waals surface area contributed by atoms with Gasteiger partial charge in [-0.2, -0.15) is 0 Å². The molecule has 0 aromatic carbocycles. The first kappa shape index (κ1) is 14.8. The van der Waals surface area contributed by atoms with Crippen molar-refractivity contribution in [2.75, 3.05) is 6.61 Å². The maximum absolute atomic E-state index is 13.7. The normalized spacial score (nSPS) is 10.8. The molecule has 0 N–H and O–H groups in total. The van der Waals surface area contributed by atoms with Crippen LogP contribution in [0.25, 0.3) is 0 Å².